The Kier molecular flexibility index (Phi) is 5.98. The molecule has 1 aliphatic heterocycles. The van der Waals surface area contributed by atoms with Crippen molar-refractivity contribution in [2.45, 2.75) is 46.1 Å². The number of anilines is 1. The van der Waals surface area contributed by atoms with Gasteiger partial charge in [-0.05, 0) is 61.4 Å². The Bertz CT molecular complexity index is 1540. The van der Waals surface area contributed by atoms with Crippen LogP contribution in [0.5, 0.6) is 0 Å². The molecule has 0 spiro atoms. The SMILES string of the molecule is CCc1ccc(NC(=S)c2c(-c3ccccc3)c3c4n(c(-c5ccc(C)cc5)cn24)CCCC3)cc1. The third-order valence-corrected chi connectivity index (χ3v) is 7.67. The minimum Gasteiger partial charge on any atom is -0.345 e. The van der Waals surface area contributed by atoms with Gasteiger partial charge in [0.25, 0.3) is 0 Å². The fraction of sp³-hybridized carbons (Fsp3) is 0.219. The molecule has 4 heteroatoms. The van der Waals surface area contributed by atoms with Crippen molar-refractivity contribution in [2.75, 3.05) is 5.32 Å². The lowest BCUT2D eigenvalue weighted by Crippen LogP contribution is -2.14. The minimum absolute atomic E-state index is 0.757. The highest BCUT2D eigenvalue weighted by atomic mass is 32.1. The summed E-state index contributed by atoms with van der Waals surface area (Å²) in [5, 5.41) is 3.56. The van der Waals surface area contributed by atoms with Crippen LogP contribution in [0.1, 0.15) is 42.1 Å². The molecule has 5 aromatic rings. The average molecular weight is 490 g/mol. The van der Waals surface area contributed by atoms with Crippen molar-refractivity contribution in [1.29, 1.82) is 0 Å². The van der Waals surface area contributed by atoms with Crippen LogP contribution in [-0.4, -0.2) is 14.0 Å². The van der Waals surface area contributed by atoms with E-state index in [2.05, 4.69) is 113 Å². The van der Waals surface area contributed by atoms with Gasteiger partial charge in [0.15, 0.2) is 0 Å². The molecule has 180 valence electrons. The quantitative estimate of drug-likeness (QED) is 0.252. The van der Waals surface area contributed by atoms with Crippen molar-refractivity contribution in [3.05, 3.63) is 107 Å². The molecule has 2 aromatic heterocycles. The molecule has 0 radical (unpaired) electrons. The maximum absolute atomic E-state index is 6.14. The number of nitrogens with zero attached hydrogens (tertiary/aromatic N) is 2. The van der Waals surface area contributed by atoms with Crippen molar-refractivity contribution in [1.82, 2.24) is 8.97 Å². The summed E-state index contributed by atoms with van der Waals surface area (Å²) in [5.41, 5.74) is 12.4. The highest BCUT2D eigenvalue weighted by Crippen LogP contribution is 2.39. The zero-order valence-electron chi connectivity index (χ0n) is 20.9. The van der Waals surface area contributed by atoms with Crippen LogP contribution in [0, 0.1) is 6.92 Å². The van der Waals surface area contributed by atoms with Gasteiger partial charge in [-0.3, -0.25) is 4.40 Å². The molecule has 3 aromatic carbocycles. The number of hydrogen-bond donors (Lipinski definition) is 1. The highest BCUT2D eigenvalue weighted by molar-refractivity contribution is 7.81. The van der Waals surface area contributed by atoms with Crippen LogP contribution in [-0.2, 0) is 19.4 Å². The lowest BCUT2D eigenvalue weighted by molar-refractivity contribution is 0.647. The van der Waals surface area contributed by atoms with Crippen molar-refractivity contribution in [2.24, 2.45) is 0 Å². The zero-order chi connectivity index (χ0) is 24.6. The number of aryl methyl sites for hydroxylation is 4. The Morgan fingerprint density at radius 2 is 1.64 bits per heavy atom. The molecule has 1 N–H and O–H groups in total. The van der Waals surface area contributed by atoms with E-state index in [1.54, 1.807) is 0 Å². The lowest BCUT2D eigenvalue weighted by Gasteiger charge is -2.12. The van der Waals surface area contributed by atoms with Crippen molar-refractivity contribution in [3.63, 3.8) is 0 Å². The molecule has 0 bridgehead atoms. The molecule has 6 rings (SSSR count). The van der Waals surface area contributed by atoms with Crippen LogP contribution in [0.15, 0.2) is 85.1 Å². The molecule has 0 unspecified atom stereocenters. The summed E-state index contributed by atoms with van der Waals surface area (Å²) in [6.07, 6.45) is 6.73. The molecular formula is C32H31N3S. The van der Waals surface area contributed by atoms with Crippen LogP contribution < -0.4 is 5.32 Å². The van der Waals surface area contributed by atoms with Crippen LogP contribution in [0.2, 0.25) is 0 Å². The standard InChI is InChI=1S/C32H31N3S/c1-3-23-14-18-26(19-15-23)33-31(36)30-29(25-9-5-4-6-10-25)27-11-7-8-20-34-28(21-35(30)32(27)34)24-16-12-22(2)13-17-24/h4-6,9-10,12-19,21H,3,7-8,11,20H2,1-2H3,(H,33,36). The Hall–Kier alpha value is -3.63. The third-order valence-electron chi connectivity index (χ3n) is 7.38. The van der Waals surface area contributed by atoms with E-state index in [0.717, 1.165) is 35.8 Å². The van der Waals surface area contributed by atoms with Gasteiger partial charge >= 0.3 is 0 Å². The van der Waals surface area contributed by atoms with E-state index in [4.69, 9.17) is 12.2 Å². The van der Waals surface area contributed by atoms with Gasteiger partial charge in [-0.2, -0.15) is 0 Å². The zero-order valence-corrected chi connectivity index (χ0v) is 21.7. The first-order valence-corrected chi connectivity index (χ1v) is 13.3. The van der Waals surface area contributed by atoms with Crippen molar-refractivity contribution in [3.8, 4) is 22.4 Å². The molecule has 0 amide bonds. The fourth-order valence-corrected chi connectivity index (χ4v) is 5.81. The molecule has 0 saturated heterocycles. The van der Waals surface area contributed by atoms with E-state index in [-0.39, 0.29) is 0 Å². The van der Waals surface area contributed by atoms with Gasteiger partial charge in [-0.25, -0.2) is 0 Å². The number of hydrogen-bond acceptors (Lipinski definition) is 1. The summed E-state index contributed by atoms with van der Waals surface area (Å²) >= 11 is 6.14. The summed E-state index contributed by atoms with van der Waals surface area (Å²) in [5.74, 6) is 0. The van der Waals surface area contributed by atoms with Crippen molar-refractivity contribution < 1.29 is 0 Å². The monoisotopic (exact) mass is 489 g/mol. The Balaban J connectivity index is 1.57. The second-order valence-electron chi connectivity index (χ2n) is 9.76. The van der Waals surface area contributed by atoms with Gasteiger partial charge < -0.3 is 9.88 Å². The fourth-order valence-electron chi connectivity index (χ4n) is 5.49. The molecule has 3 heterocycles. The summed E-state index contributed by atoms with van der Waals surface area (Å²) in [6, 6.07) is 28.2. The van der Waals surface area contributed by atoms with E-state index < -0.39 is 0 Å². The highest BCUT2D eigenvalue weighted by Gasteiger charge is 2.28. The van der Waals surface area contributed by atoms with Gasteiger partial charge in [0.1, 0.15) is 10.6 Å². The molecule has 3 nitrogen and oxygen atoms in total. The first kappa shape index (κ1) is 22.8. The lowest BCUT2D eigenvalue weighted by atomic mass is 9.98. The molecule has 36 heavy (non-hydrogen) atoms. The molecule has 0 fully saturated rings. The molecule has 1 aliphatic rings. The molecule has 0 atom stereocenters. The average Bonchev–Trinajstić information content (AvgIpc) is 3.33. The first-order chi connectivity index (χ1) is 17.6. The second-order valence-corrected chi connectivity index (χ2v) is 10.2. The van der Waals surface area contributed by atoms with Gasteiger partial charge in [0.05, 0.1) is 11.4 Å². The number of benzene rings is 3. The minimum atomic E-state index is 0.757. The smallest absolute Gasteiger partial charge is 0.128 e. The number of thiocarbonyl (C=S) groups is 1. The predicted molar refractivity (Wildman–Crippen MR) is 155 cm³/mol. The summed E-state index contributed by atoms with van der Waals surface area (Å²) in [6.45, 7) is 5.34. The van der Waals surface area contributed by atoms with Gasteiger partial charge in [0.2, 0.25) is 0 Å². The normalized spacial score (nSPS) is 13.1. The van der Waals surface area contributed by atoms with E-state index in [0.29, 0.717) is 0 Å². The molecule has 0 aliphatic carbocycles. The van der Waals surface area contributed by atoms with E-state index in [9.17, 15) is 0 Å². The maximum Gasteiger partial charge on any atom is 0.128 e. The molecular weight excluding hydrogens is 458 g/mol. The predicted octanol–water partition coefficient (Wildman–Crippen LogP) is 8.07. The van der Waals surface area contributed by atoms with Crippen LogP contribution in [0.4, 0.5) is 5.69 Å². The molecule has 0 saturated carbocycles. The Labute approximate surface area is 218 Å². The summed E-state index contributed by atoms with van der Waals surface area (Å²) < 4.78 is 4.87. The summed E-state index contributed by atoms with van der Waals surface area (Å²) in [4.78, 5) is 0.757. The van der Waals surface area contributed by atoms with Crippen LogP contribution in [0.3, 0.4) is 0 Å². The largest absolute Gasteiger partial charge is 0.345 e. The number of nitrogens with one attached hydrogen (secondary N) is 1. The Morgan fingerprint density at radius 1 is 0.889 bits per heavy atom. The van der Waals surface area contributed by atoms with Gasteiger partial charge in [-0.1, -0.05) is 91.4 Å². The summed E-state index contributed by atoms with van der Waals surface area (Å²) in [7, 11) is 0. The number of aromatic nitrogens is 2. The van der Waals surface area contributed by atoms with Crippen LogP contribution >= 0.6 is 12.2 Å². The van der Waals surface area contributed by atoms with E-state index in [1.807, 2.05) is 0 Å². The van der Waals surface area contributed by atoms with Crippen molar-refractivity contribution >= 4 is 28.5 Å². The second kappa shape index (κ2) is 9.44. The first-order valence-electron chi connectivity index (χ1n) is 12.9. The van der Waals surface area contributed by atoms with Gasteiger partial charge in [-0.15, -0.1) is 0 Å². The van der Waals surface area contributed by atoms with E-state index in [1.165, 1.54) is 57.6 Å². The van der Waals surface area contributed by atoms with E-state index >= 15 is 0 Å². The third kappa shape index (κ3) is 3.96. The Morgan fingerprint density at radius 3 is 2.36 bits per heavy atom. The topological polar surface area (TPSA) is 21.4 Å². The maximum atomic E-state index is 6.14. The van der Waals surface area contributed by atoms with Gasteiger partial charge in [0, 0.05) is 29.6 Å². The number of rotatable bonds is 5. The van der Waals surface area contributed by atoms with Crippen LogP contribution in [0.25, 0.3) is 28.0 Å². The number of imidazole rings is 1.